The molecule has 0 bridgehead atoms. The van der Waals surface area contributed by atoms with E-state index in [1.54, 1.807) is 0 Å². The first-order chi connectivity index (χ1) is 13.5. The van der Waals surface area contributed by atoms with E-state index >= 15 is 0 Å². The van der Waals surface area contributed by atoms with Gasteiger partial charge in [-0.1, -0.05) is 45.4 Å². The second-order valence-electron chi connectivity index (χ2n) is 8.56. The molecule has 0 aromatic carbocycles. The topological polar surface area (TPSA) is 62.6 Å². The zero-order valence-electron chi connectivity index (χ0n) is 18.1. The minimum absolute atomic E-state index is 0.106. The Morgan fingerprint density at radius 3 is 2.54 bits per heavy atom. The van der Waals surface area contributed by atoms with Gasteiger partial charge in [0.25, 0.3) is 0 Å². The Morgan fingerprint density at radius 2 is 1.86 bits per heavy atom. The number of unbranched alkanes of at least 4 members (excludes halogenated alkanes) is 6. The second kappa shape index (κ2) is 9.29. The minimum Gasteiger partial charge on any atom is -0.465 e. The number of guanidine groups is 1. The zero-order chi connectivity index (χ0) is 20.1. The van der Waals surface area contributed by atoms with Crippen molar-refractivity contribution >= 4 is 11.9 Å². The van der Waals surface area contributed by atoms with Crippen molar-refractivity contribution in [3.05, 3.63) is 11.3 Å². The SMILES string of the molecule is CCCCCCCCC[C@]1(OC)C[C@@H]2CC[C@H]3C(C(=O)OC)=C(C)NC(=[N+]23)N1. The lowest BCUT2D eigenvalue weighted by atomic mass is 9.93. The number of hydrogen-bond donors (Lipinski definition) is 2. The van der Waals surface area contributed by atoms with E-state index < -0.39 is 0 Å². The van der Waals surface area contributed by atoms with Gasteiger partial charge in [0.05, 0.1) is 18.8 Å². The molecular formula is C22H38N3O3+. The molecule has 6 heteroatoms. The van der Waals surface area contributed by atoms with Crippen molar-refractivity contribution in [1.29, 1.82) is 0 Å². The normalized spacial score (nSPS) is 28.7. The van der Waals surface area contributed by atoms with Crippen LogP contribution < -0.4 is 10.6 Å². The third kappa shape index (κ3) is 4.22. The van der Waals surface area contributed by atoms with Gasteiger partial charge in [-0.25, -0.2) is 15.4 Å². The number of esters is 1. The first-order valence-corrected chi connectivity index (χ1v) is 11.1. The number of nitrogens with one attached hydrogen (secondary N) is 2. The summed E-state index contributed by atoms with van der Waals surface area (Å²) >= 11 is 0. The van der Waals surface area contributed by atoms with Crippen molar-refractivity contribution in [3.63, 3.8) is 0 Å². The van der Waals surface area contributed by atoms with Gasteiger partial charge in [-0.3, -0.25) is 4.58 Å². The highest BCUT2D eigenvalue weighted by Gasteiger charge is 2.53. The molecule has 2 N–H and O–H groups in total. The van der Waals surface area contributed by atoms with Gasteiger partial charge in [0.15, 0.2) is 5.72 Å². The van der Waals surface area contributed by atoms with E-state index in [0.717, 1.165) is 42.9 Å². The number of methoxy groups -OCH3 is 2. The number of rotatable bonds is 10. The maximum absolute atomic E-state index is 12.3. The molecular weight excluding hydrogens is 354 g/mol. The Balaban J connectivity index is 1.64. The van der Waals surface area contributed by atoms with Gasteiger partial charge in [-0.2, -0.15) is 0 Å². The molecule has 3 aliphatic rings. The summed E-state index contributed by atoms with van der Waals surface area (Å²) in [5.41, 5.74) is 1.34. The monoisotopic (exact) mass is 392 g/mol. The molecule has 3 heterocycles. The number of hydrogen-bond acceptors (Lipinski definition) is 5. The Labute approximate surface area is 169 Å². The molecule has 3 atom stereocenters. The molecule has 6 nitrogen and oxygen atoms in total. The number of carbonyl (C=O) groups is 1. The van der Waals surface area contributed by atoms with Crippen LogP contribution in [-0.4, -0.2) is 48.5 Å². The predicted octanol–water partition coefficient (Wildman–Crippen LogP) is 3.41. The van der Waals surface area contributed by atoms with Crippen molar-refractivity contribution in [2.45, 2.75) is 102 Å². The van der Waals surface area contributed by atoms with Gasteiger partial charge in [0.2, 0.25) is 0 Å². The van der Waals surface area contributed by atoms with Crippen LogP contribution in [-0.2, 0) is 14.3 Å². The van der Waals surface area contributed by atoms with Crippen molar-refractivity contribution in [1.82, 2.24) is 10.6 Å². The zero-order valence-corrected chi connectivity index (χ0v) is 18.1. The van der Waals surface area contributed by atoms with E-state index in [4.69, 9.17) is 9.47 Å². The van der Waals surface area contributed by atoms with Gasteiger partial charge < -0.3 is 9.47 Å². The van der Waals surface area contributed by atoms with Crippen LogP contribution in [0.3, 0.4) is 0 Å². The van der Waals surface area contributed by atoms with E-state index in [9.17, 15) is 4.79 Å². The fourth-order valence-electron chi connectivity index (χ4n) is 5.18. The number of nitrogens with zero attached hydrogens (tertiary/aromatic N) is 1. The minimum atomic E-state index is -0.315. The molecule has 3 aliphatic heterocycles. The fraction of sp³-hybridized carbons (Fsp3) is 0.818. The van der Waals surface area contributed by atoms with Crippen LogP contribution in [0.15, 0.2) is 11.3 Å². The molecule has 158 valence electrons. The average molecular weight is 393 g/mol. The molecule has 1 saturated heterocycles. The van der Waals surface area contributed by atoms with Crippen LogP contribution in [0.1, 0.15) is 84.5 Å². The predicted molar refractivity (Wildman–Crippen MR) is 110 cm³/mol. The summed E-state index contributed by atoms with van der Waals surface area (Å²) in [7, 11) is 3.28. The van der Waals surface area contributed by atoms with Gasteiger partial charge >= 0.3 is 11.9 Å². The summed E-state index contributed by atoms with van der Waals surface area (Å²) in [5.74, 6) is 0.773. The largest absolute Gasteiger partial charge is 0.465 e. The van der Waals surface area contributed by atoms with E-state index in [1.807, 2.05) is 14.0 Å². The van der Waals surface area contributed by atoms with E-state index in [0.29, 0.717) is 6.04 Å². The maximum Gasteiger partial charge on any atom is 0.353 e. The van der Waals surface area contributed by atoms with Gasteiger partial charge in [-0.15, -0.1) is 0 Å². The third-order valence-electron chi connectivity index (χ3n) is 6.70. The smallest absolute Gasteiger partial charge is 0.353 e. The highest BCUT2D eigenvalue weighted by Crippen LogP contribution is 2.37. The Hall–Kier alpha value is -1.56. The van der Waals surface area contributed by atoms with Crippen LogP contribution >= 0.6 is 0 Å². The van der Waals surface area contributed by atoms with Crippen molar-refractivity contribution in [2.75, 3.05) is 14.2 Å². The Morgan fingerprint density at radius 1 is 1.14 bits per heavy atom. The van der Waals surface area contributed by atoms with Gasteiger partial charge in [0.1, 0.15) is 11.6 Å². The van der Waals surface area contributed by atoms with E-state index in [1.165, 1.54) is 52.1 Å². The van der Waals surface area contributed by atoms with E-state index in [-0.39, 0.29) is 17.7 Å². The maximum atomic E-state index is 12.3. The Bertz CT molecular complexity index is 643. The molecule has 0 amide bonds. The Kier molecular flexibility index (Phi) is 7.02. The number of ether oxygens (including phenoxy) is 2. The first kappa shape index (κ1) is 21.2. The molecule has 0 unspecified atom stereocenters. The van der Waals surface area contributed by atoms with Crippen LogP contribution in [0.5, 0.6) is 0 Å². The van der Waals surface area contributed by atoms with Crippen LogP contribution in [0, 0.1) is 0 Å². The number of carbonyl (C=O) groups excluding carboxylic acids is 1. The summed E-state index contributed by atoms with van der Waals surface area (Å²) < 4.78 is 13.4. The number of allylic oxidation sites excluding steroid dienone is 1. The van der Waals surface area contributed by atoms with Crippen molar-refractivity contribution in [3.8, 4) is 0 Å². The molecule has 0 radical (unpaired) electrons. The summed E-state index contributed by atoms with van der Waals surface area (Å²) in [4.78, 5) is 12.3. The molecule has 3 rings (SSSR count). The van der Waals surface area contributed by atoms with Gasteiger partial charge in [0, 0.05) is 20.0 Å². The highest BCUT2D eigenvalue weighted by atomic mass is 16.5. The molecule has 0 aliphatic carbocycles. The molecule has 0 spiro atoms. The highest BCUT2D eigenvalue weighted by molar-refractivity contribution is 5.93. The lowest BCUT2D eigenvalue weighted by Gasteiger charge is -2.40. The standard InChI is InChI=1S/C22H37N3O3/c1-5-6-7-8-9-10-11-14-22(28-4)15-17-12-13-18-19(20(26)27-3)16(2)23-21(24-22)25(17)18/h17-18H,5-15H2,1-4H3,(H,23,24,26)/p+1/t17-,18-,22-/m0/s1. The van der Waals surface area contributed by atoms with Crippen LogP contribution in [0.4, 0.5) is 0 Å². The molecule has 28 heavy (non-hydrogen) atoms. The lowest BCUT2D eigenvalue weighted by Crippen LogP contribution is -2.65. The molecule has 0 aromatic rings. The average Bonchev–Trinajstić information content (AvgIpc) is 3.11. The summed E-state index contributed by atoms with van der Waals surface area (Å²) in [6.45, 7) is 4.22. The summed E-state index contributed by atoms with van der Waals surface area (Å²) in [5, 5.41) is 7.09. The lowest BCUT2D eigenvalue weighted by molar-refractivity contribution is -0.585. The summed E-state index contributed by atoms with van der Waals surface area (Å²) in [6.07, 6.45) is 13.1. The fourth-order valence-corrected chi connectivity index (χ4v) is 5.18. The van der Waals surface area contributed by atoms with Crippen LogP contribution in [0.25, 0.3) is 0 Å². The van der Waals surface area contributed by atoms with Crippen molar-refractivity contribution < 1.29 is 18.8 Å². The van der Waals surface area contributed by atoms with E-state index in [2.05, 4.69) is 22.1 Å². The second-order valence-corrected chi connectivity index (χ2v) is 8.56. The molecule has 1 fully saturated rings. The first-order valence-electron chi connectivity index (χ1n) is 11.1. The third-order valence-corrected chi connectivity index (χ3v) is 6.70. The van der Waals surface area contributed by atoms with Crippen molar-refractivity contribution in [2.24, 2.45) is 0 Å². The van der Waals surface area contributed by atoms with Gasteiger partial charge in [-0.05, 0) is 26.2 Å². The van der Waals surface area contributed by atoms with Crippen LogP contribution in [0.2, 0.25) is 0 Å². The summed E-state index contributed by atoms with van der Waals surface area (Å²) in [6, 6.07) is 0.501. The quantitative estimate of drug-likeness (QED) is 0.339. The molecule has 0 saturated carbocycles. The molecule has 0 aromatic heterocycles.